The van der Waals surface area contributed by atoms with Crippen molar-refractivity contribution in [2.45, 2.75) is 19.9 Å². The zero-order valence-electron chi connectivity index (χ0n) is 14.2. The molecule has 0 saturated heterocycles. The molecule has 3 aromatic rings. The Bertz CT molecular complexity index is 1000. The molecule has 0 bridgehead atoms. The number of phenolic OH excluding ortho intramolecular Hbond substituents is 1. The van der Waals surface area contributed by atoms with Gasteiger partial charge < -0.3 is 5.11 Å². The molecule has 0 atom stereocenters. The molecule has 3 rings (SSSR count). The van der Waals surface area contributed by atoms with E-state index in [-0.39, 0.29) is 11.8 Å². The molecule has 0 aliphatic carbocycles. The quantitative estimate of drug-likeness (QED) is 0.578. The maximum atomic E-state index is 9.41. The second kappa shape index (κ2) is 8.08. The number of rotatable bonds is 4. The van der Waals surface area contributed by atoms with E-state index in [1.54, 1.807) is 41.2 Å². The van der Waals surface area contributed by atoms with Crippen molar-refractivity contribution in [1.29, 1.82) is 0 Å². The number of nitrogens with zero attached hydrogens (tertiary/aromatic N) is 3. The predicted molar refractivity (Wildman–Crippen MR) is 110 cm³/mol. The lowest BCUT2D eigenvalue weighted by Gasteiger charge is -2.05. The van der Waals surface area contributed by atoms with Crippen molar-refractivity contribution >= 4 is 40.8 Å². The number of hydrogen-bond donors (Lipinski definition) is 1. The Morgan fingerprint density at radius 3 is 2.46 bits per heavy atom. The topological polar surface area (TPSA) is 49.9 Å². The molecule has 26 heavy (non-hydrogen) atoms. The average molecular weight is 406 g/mol. The van der Waals surface area contributed by atoms with Crippen molar-refractivity contribution in [3.05, 3.63) is 68.3 Å². The maximum absolute atomic E-state index is 9.41. The maximum Gasteiger partial charge on any atom is 0.206 e. The summed E-state index contributed by atoms with van der Waals surface area (Å²) in [7, 11) is 0. The molecule has 2 aromatic carbocycles. The first-order chi connectivity index (χ1) is 12.4. The summed E-state index contributed by atoms with van der Waals surface area (Å²) < 4.78 is 1.79. The first-order valence-electron chi connectivity index (χ1n) is 7.97. The van der Waals surface area contributed by atoms with Crippen LogP contribution in [0.25, 0.3) is 11.3 Å². The molecule has 1 aromatic heterocycles. The molecule has 0 fully saturated rings. The molecule has 0 amide bonds. The van der Waals surface area contributed by atoms with Gasteiger partial charge in [0.05, 0.1) is 22.0 Å². The lowest BCUT2D eigenvalue weighted by Crippen LogP contribution is -2.14. The van der Waals surface area contributed by atoms with Crippen molar-refractivity contribution in [2.24, 2.45) is 10.1 Å². The van der Waals surface area contributed by atoms with Crippen LogP contribution in [-0.4, -0.2) is 22.0 Å². The van der Waals surface area contributed by atoms with E-state index in [4.69, 9.17) is 23.2 Å². The number of halogens is 2. The van der Waals surface area contributed by atoms with Crippen LogP contribution >= 0.6 is 34.5 Å². The van der Waals surface area contributed by atoms with Gasteiger partial charge in [-0.1, -0.05) is 29.3 Å². The fourth-order valence-corrected chi connectivity index (χ4v) is 3.53. The zero-order chi connectivity index (χ0) is 18.7. The molecule has 7 heteroatoms. The molecule has 0 saturated carbocycles. The second-order valence-electron chi connectivity index (χ2n) is 5.90. The van der Waals surface area contributed by atoms with E-state index in [1.165, 1.54) is 11.3 Å². The molecule has 1 N–H and O–H groups in total. The van der Waals surface area contributed by atoms with Crippen molar-refractivity contribution in [2.75, 3.05) is 0 Å². The fourth-order valence-electron chi connectivity index (χ4n) is 2.26. The molecule has 0 radical (unpaired) electrons. The van der Waals surface area contributed by atoms with Crippen LogP contribution in [0.15, 0.2) is 57.9 Å². The number of thiazole rings is 1. The summed E-state index contributed by atoms with van der Waals surface area (Å²) in [6.07, 6.45) is 1.73. The summed E-state index contributed by atoms with van der Waals surface area (Å²) in [5.41, 5.74) is 2.66. The lowest BCUT2D eigenvalue weighted by molar-refractivity contribution is 0.475. The Labute approximate surface area is 165 Å². The minimum atomic E-state index is 0.144. The monoisotopic (exact) mass is 405 g/mol. The van der Waals surface area contributed by atoms with Gasteiger partial charge in [0, 0.05) is 17.0 Å². The zero-order valence-corrected chi connectivity index (χ0v) is 16.6. The third kappa shape index (κ3) is 4.36. The predicted octanol–water partition coefficient (Wildman–Crippen LogP) is 5.42. The Balaban J connectivity index is 2.09. The van der Waals surface area contributed by atoms with Gasteiger partial charge in [0.1, 0.15) is 5.75 Å². The van der Waals surface area contributed by atoms with Crippen molar-refractivity contribution in [3.8, 4) is 17.0 Å². The summed E-state index contributed by atoms with van der Waals surface area (Å²) in [4.78, 5) is 5.43. The van der Waals surface area contributed by atoms with Crippen molar-refractivity contribution < 1.29 is 5.11 Å². The van der Waals surface area contributed by atoms with Gasteiger partial charge in [0.2, 0.25) is 4.80 Å². The van der Waals surface area contributed by atoms with Crippen LogP contribution in [0.5, 0.6) is 5.75 Å². The van der Waals surface area contributed by atoms with E-state index in [0.29, 0.717) is 10.0 Å². The van der Waals surface area contributed by atoms with Crippen LogP contribution in [0.4, 0.5) is 0 Å². The summed E-state index contributed by atoms with van der Waals surface area (Å²) >= 11 is 13.7. The smallest absolute Gasteiger partial charge is 0.206 e. The SMILES string of the molecule is CC(C)N=c1scc(-c2ccc(Cl)c(Cl)c2)n1N=Cc1ccc(O)cc1. The van der Waals surface area contributed by atoms with Crippen molar-refractivity contribution in [3.63, 3.8) is 0 Å². The highest BCUT2D eigenvalue weighted by atomic mass is 35.5. The normalized spacial score (nSPS) is 12.4. The van der Waals surface area contributed by atoms with Gasteiger partial charge in [-0.25, -0.2) is 4.68 Å². The first-order valence-corrected chi connectivity index (χ1v) is 9.61. The summed E-state index contributed by atoms with van der Waals surface area (Å²) in [6.45, 7) is 4.04. The van der Waals surface area contributed by atoms with Gasteiger partial charge in [-0.2, -0.15) is 5.10 Å². The molecule has 134 valence electrons. The molecule has 1 heterocycles. The Hall–Kier alpha value is -2.08. The van der Waals surface area contributed by atoms with Crippen LogP contribution in [0, 0.1) is 0 Å². The van der Waals surface area contributed by atoms with E-state index in [0.717, 1.165) is 21.6 Å². The molecule has 0 aliphatic rings. The lowest BCUT2D eigenvalue weighted by atomic mass is 10.2. The third-order valence-electron chi connectivity index (χ3n) is 3.48. The minimum Gasteiger partial charge on any atom is -0.508 e. The van der Waals surface area contributed by atoms with E-state index in [1.807, 2.05) is 31.4 Å². The highest BCUT2D eigenvalue weighted by molar-refractivity contribution is 7.07. The molecular weight excluding hydrogens is 389 g/mol. The number of aromatic hydroxyl groups is 1. The largest absolute Gasteiger partial charge is 0.508 e. The highest BCUT2D eigenvalue weighted by Crippen LogP contribution is 2.28. The first kappa shape index (κ1) is 18.7. The van der Waals surface area contributed by atoms with Gasteiger partial charge >= 0.3 is 0 Å². The fraction of sp³-hybridized carbons (Fsp3) is 0.158. The highest BCUT2D eigenvalue weighted by Gasteiger charge is 2.10. The van der Waals surface area contributed by atoms with Gasteiger partial charge in [-0.3, -0.25) is 4.99 Å². The van der Waals surface area contributed by atoms with Crippen LogP contribution in [0.1, 0.15) is 19.4 Å². The second-order valence-corrected chi connectivity index (χ2v) is 7.55. The summed E-state index contributed by atoms with van der Waals surface area (Å²) in [6, 6.07) is 12.5. The van der Waals surface area contributed by atoms with Crippen LogP contribution in [0.2, 0.25) is 10.0 Å². The minimum absolute atomic E-state index is 0.144. The van der Waals surface area contributed by atoms with Crippen LogP contribution in [-0.2, 0) is 0 Å². The van der Waals surface area contributed by atoms with Gasteiger partial charge in [-0.15, -0.1) is 11.3 Å². The number of aromatic nitrogens is 1. The third-order valence-corrected chi connectivity index (χ3v) is 5.05. The summed E-state index contributed by atoms with van der Waals surface area (Å²) in [5.74, 6) is 0.220. The van der Waals surface area contributed by atoms with Crippen molar-refractivity contribution in [1.82, 2.24) is 4.68 Å². The molecule has 0 aliphatic heterocycles. The van der Waals surface area contributed by atoms with E-state index in [2.05, 4.69) is 10.1 Å². The average Bonchev–Trinajstić information content (AvgIpc) is 2.99. The standard InChI is InChI=1S/C19H17Cl2N3OS/c1-12(2)23-19-24(22-10-13-3-6-15(25)7-4-13)18(11-26-19)14-5-8-16(20)17(21)9-14/h3-12,25H,1-2H3. The molecule has 0 unspecified atom stereocenters. The molecule has 0 spiro atoms. The summed E-state index contributed by atoms with van der Waals surface area (Å²) in [5, 5.41) is 17.0. The molecular formula is C19H17Cl2N3OS. The van der Waals surface area contributed by atoms with Gasteiger partial charge in [0.15, 0.2) is 0 Å². The number of phenols is 1. The van der Waals surface area contributed by atoms with E-state index in [9.17, 15) is 5.11 Å². The number of hydrogen-bond acceptors (Lipinski definition) is 4. The Kier molecular flexibility index (Phi) is 5.81. The van der Waals surface area contributed by atoms with E-state index >= 15 is 0 Å². The Morgan fingerprint density at radius 1 is 1.08 bits per heavy atom. The number of benzene rings is 2. The van der Waals surface area contributed by atoms with Crippen LogP contribution in [0.3, 0.4) is 0 Å². The van der Waals surface area contributed by atoms with Gasteiger partial charge in [0.25, 0.3) is 0 Å². The van der Waals surface area contributed by atoms with Crippen LogP contribution < -0.4 is 4.80 Å². The van der Waals surface area contributed by atoms with Gasteiger partial charge in [-0.05, 0) is 55.8 Å². The molecule has 4 nitrogen and oxygen atoms in total. The Morgan fingerprint density at radius 2 is 1.81 bits per heavy atom. The van der Waals surface area contributed by atoms with E-state index < -0.39 is 0 Å².